The first-order valence-corrected chi connectivity index (χ1v) is 7.02. The van der Waals surface area contributed by atoms with Crippen LogP contribution < -0.4 is 16.6 Å². The van der Waals surface area contributed by atoms with Gasteiger partial charge in [0.1, 0.15) is 5.82 Å². The summed E-state index contributed by atoms with van der Waals surface area (Å²) in [6.45, 7) is 1.83. The standard InChI is InChI=1S/C12H10BrCl2FN4/c1-5-2-6(13)9(16)4-10(5)18-11-7(14)3-8(15)12(19-11)20-17/h2-4H,17H2,1H3,(H2,18,19,20). The van der Waals surface area contributed by atoms with Crippen molar-refractivity contribution in [2.45, 2.75) is 6.92 Å². The lowest BCUT2D eigenvalue weighted by Gasteiger charge is -2.13. The van der Waals surface area contributed by atoms with Crippen LogP contribution >= 0.6 is 39.1 Å². The Morgan fingerprint density at radius 3 is 2.50 bits per heavy atom. The number of nitrogen functional groups attached to an aromatic ring is 1. The number of aryl methyl sites for hydroxylation is 1. The number of nitrogens with zero attached hydrogens (tertiary/aromatic N) is 1. The van der Waals surface area contributed by atoms with E-state index in [-0.39, 0.29) is 11.6 Å². The van der Waals surface area contributed by atoms with Gasteiger partial charge in [0.15, 0.2) is 11.6 Å². The molecule has 1 heterocycles. The second-order valence-electron chi connectivity index (χ2n) is 4.00. The topological polar surface area (TPSA) is 63.0 Å². The highest BCUT2D eigenvalue weighted by Gasteiger charge is 2.11. The van der Waals surface area contributed by atoms with Crippen LogP contribution in [0.15, 0.2) is 22.7 Å². The van der Waals surface area contributed by atoms with Gasteiger partial charge < -0.3 is 10.7 Å². The first kappa shape index (κ1) is 15.3. The van der Waals surface area contributed by atoms with Crippen molar-refractivity contribution in [1.82, 2.24) is 4.98 Å². The van der Waals surface area contributed by atoms with E-state index in [2.05, 4.69) is 31.7 Å². The van der Waals surface area contributed by atoms with Crippen molar-refractivity contribution in [2.24, 2.45) is 5.84 Å². The maximum atomic E-state index is 13.6. The minimum Gasteiger partial charge on any atom is -0.339 e. The van der Waals surface area contributed by atoms with E-state index in [1.165, 1.54) is 12.1 Å². The van der Waals surface area contributed by atoms with E-state index < -0.39 is 0 Å². The van der Waals surface area contributed by atoms with Crippen molar-refractivity contribution >= 4 is 56.5 Å². The van der Waals surface area contributed by atoms with E-state index in [4.69, 9.17) is 29.0 Å². The highest BCUT2D eigenvalue weighted by Crippen LogP contribution is 2.32. The molecule has 0 aliphatic rings. The molecule has 0 amide bonds. The molecule has 8 heteroatoms. The molecule has 1 aromatic carbocycles. The van der Waals surface area contributed by atoms with E-state index in [9.17, 15) is 4.39 Å². The molecule has 0 fully saturated rings. The lowest BCUT2D eigenvalue weighted by molar-refractivity contribution is 0.621. The second-order valence-corrected chi connectivity index (χ2v) is 5.67. The molecule has 106 valence electrons. The number of hydrazine groups is 1. The Bertz CT molecular complexity index is 666. The van der Waals surface area contributed by atoms with Crippen LogP contribution in [0, 0.1) is 12.7 Å². The highest BCUT2D eigenvalue weighted by molar-refractivity contribution is 9.10. The summed E-state index contributed by atoms with van der Waals surface area (Å²) in [5.74, 6) is 5.51. The predicted octanol–water partition coefficient (Wildman–Crippen LogP) is 4.63. The predicted molar refractivity (Wildman–Crippen MR) is 84.2 cm³/mol. The van der Waals surface area contributed by atoms with Crippen LogP contribution in [0.3, 0.4) is 0 Å². The Labute approximate surface area is 133 Å². The van der Waals surface area contributed by atoms with Crippen LogP contribution in [0.4, 0.5) is 21.7 Å². The van der Waals surface area contributed by atoms with Gasteiger partial charge in [-0.25, -0.2) is 15.2 Å². The molecular weight excluding hydrogens is 370 g/mol. The number of nitrogens with two attached hydrogens (primary N) is 1. The first-order chi connectivity index (χ1) is 9.42. The molecule has 2 rings (SSSR count). The summed E-state index contributed by atoms with van der Waals surface area (Å²) in [4.78, 5) is 4.13. The number of aromatic nitrogens is 1. The Morgan fingerprint density at radius 2 is 1.85 bits per heavy atom. The number of hydrogen-bond donors (Lipinski definition) is 3. The largest absolute Gasteiger partial charge is 0.339 e. The zero-order chi connectivity index (χ0) is 14.9. The molecule has 0 aliphatic heterocycles. The average Bonchev–Trinajstić information content (AvgIpc) is 2.38. The normalized spacial score (nSPS) is 10.5. The number of nitrogens with one attached hydrogen (secondary N) is 2. The molecule has 4 N–H and O–H groups in total. The molecule has 4 nitrogen and oxygen atoms in total. The zero-order valence-corrected chi connectivity index (χ0v) is 13.4. The molecule has 0 atom stereocenters. The van der Waals surface area contributed by atoms with Gasteiger partial charge in [-0.05, 0) is 46.6 Å². The lowest BCUT2D eigenvalue weighted by Crippen LogP contribution is -2.10. The third-order valence-corrected chi connectivity index (χ3v) is 3.77. The van der Waals surface area contributed by atoms with E-state index in [1.54, 1.807) is 6.07 Å². The molecule has 2 aromatic rings. The van der Waals surface area contributed by atoms with Gasteiger partial charge in [0.05, 0.1) is 14.5 Å². The average molecular weight is 380 g/mol. The maximum Gasteiger partial charge on any atom is 0.161 e. The van der Waals surface area contributed by atoms with Gasteiger partial charge in [-0.3, -0.25) is 0 Å². The minimum absolute atomic E-state index is 0.272. The van der Waals surface area contributed by atoms with Gasteiger partial charge in [0.2, 0.25) is 0 Å². The fourth-order valence-corrected chi connectivity index (χ4v) is 2.48. The molecule has 0 bridgehead atoms. The fraction of sp³-hybridized carbons (Fsp3) is 0.0833. The summed E-state index contributed by atoms with van der Waals surface area (Å²) in [5.41, 5.74) is 3.73. The van der Waals surface area contributed by atoms with Gasteiger partial charge >= 0.3 is 0 Å². The number of pyridine rings is 1. The lowest BCUT2D eigenvalue weighted by atomic mass is 10.2. The van der Waals surface area contributed by atoms with E-state index in [0.29, 0.717) is 26.0 Å². The van der Waals surface area contributed by atoms with Crippen molar-refractivity contribution in [3.63, 3.8) is 0 Å². The summed E-state index contributed by atoms with van der Waals surface area (Å²) in [6.07, 6.45) is 0. The van der Waals surface area contributed by atoms with Crippen LogP contribution in [0.2, 0.25) is 10.0 Å². The van der Waals surface area contributed by atoms with Gasteiger partial charge in [-0.15, -0.1) is 0 Å². The molecule has 0 radical (unpaired) electrons. The summed E-state index contributed by atoms with van der Waals surface area (Å²) < 4.78 is 14.0. The Hall–Kier alpha value is -1.08. The molecule has 0 saturated heterocycles. The van der Waals surface area contributed by atoms with Crippen LogP contribution in [0.1, 0.15) is 5.56 Å². The third kappa shape index (κ3) is 3.15. The summed E-state index contributed by atoms with van der Waals surface area (Å²) in [5, 5.41) is 3.55. The van der Waals surface area contributed by atoms with Crippen molar-refractivity contribution in [1.29, 1.82) is 0 Å². The summed E-state index contributed by atoms with van der Waals surface area (Å²) in [7, 11) is 0. The molecule has 0 unspecified atom stereocenters. The van der Waals surface area contributed by atoms with Crippen LogP contribution in [0.25, 0.3) is 0 Å². The van der Waals surface area contributed by atoms with Crippen molar-refractivity contribution in [2.75, 3.05) is 10.7 Å². The molecule has 20 heavy (non-hydrogen) atoms. The van der Waals surface area contributed by atoms with E-state index >= 15 is 0 Å². The number of halogens is 4. The van der Waals surface area contributed by atoms with Gasteiger partial charge in [-0.2, -0.15) is 0 Å². The van der Waals surface area contributed by atoms with Gasteiger partial charge in [0, 0.05) is 5.69 Å². The maximum absolute atomic E-state index is 13.6. The molecule has 0 spiro atoms. The zero-order valence-electron chi connectivity index (χ0n) is 10.3. The molecular formula is C12H10BrCl2FN4. The minimum atomic E-state index is -0.389. The first-order valence-electron chi connectivity index (χ1n) is 5.47. The SMILES string of the molecule is Cc1cc(Br)c(F)cc1Nc1nc(NN)c(Cl)cc1Cl. The monoisotopic (exact) mass is 378 g/mol. The second kappa shape index (κ2) is 6.13. The van der Waals surface area contributed by atoms with Crippen LogP contribution in [-0.4, -0.2) is 4.98 Å². The van der Waals surface area contributed by atoms with E-state index in [1.807, 2.05) is 6.92 Å². The molecule has 0 aliphatic carbocycles. The quantitative estimate of drug-likeness (QED) is 0.537. The van der Waals surface area contributed by atoms with Gasteiger partial charge in [-0.1, -0.05) is 23.2 Å². The summed E-state index contributed by atoms with van der Waals surface area (Å²) in [6, 6.07) is 4.50. The number of anilines is 3. The number of hydrogen-bond acceptors (Lipinski definition) is 4. The van der Waals surface area contributed by atoms with Crippen molar-refractivity contribution in [3.05, 3.63) is 44.1 Å². The van der Waals surface area contributed by atoms with Crippen molar-refractivity contribution < 1.29 is 4.39 Å². The van der Waals surface area contributed by atoms with Gasteiger partial charge in [0.25, 0.3) is 0 Å². The Balaban J connectivity index is 2.42. The number of rotatable bonds is 3. The number of benzene rings is 1. The van der Waals surface area contributed by atoms with E-state index in [0.717, 1.165) is 5.56 Å². The van der Waals surface area contributed by atoms with Crippen LogP contribution in [0.5, 0.6) is 0 Å². The van der Waals surface area contributed by atoms with Crippen molar-refractivity contribution in [3.8, 4) is 0 Å². The Kier molecular flexibility index (Phi) is 4.70. The highest BCUT2D eigenvalue weighted by atomic mass is 79.9. The smallest absolute Gasteiger partial charge is 0.161 e. The molecule has 0 saturated carbocycles. The van der Waals surface area contributed by atoms with Crippen LogP contribution in [-0.2, 0) is 0 Å². The summed E-state index contributed by atoms with van der Waals surface area (Å²) >= 11 is 15.1. The fourth-order valence-electron chi connectivity index (χ4n) is 1.56. The third-order valence-electron chi connectivity index (χ3n) is 2.59. The Morgan fingerprint density at radius 1 is 1.20 bits per heavy atom. The molecule has 1 aromatic heterocycles.